The second-order valence-corrected chi connectivity index (χ2v) is 6.33. The van der Waals surface area contributed by atoms with Gasteiger partial charge in [0, 0.05) is 12.1 Å². The summed E-state index contributed by atoms with van der Waals surface area (Å²) in [5.41, 5.74) is 2.93. The van der Waals surface area contributed by atoms with Crippen molar-refractivity contribution in [2.75, 3.05) is 5.32 Å². The minimum Gasteiger partial charge on any atom is -0.326 e. The van der Waals surface area contributed by atoms with Gasteiger partial charge in [-0.3, -0.25) is 9.59 Å². The summed E-state index contributed by atoms with van der Waals surface area (Å²) < 4.78 is 0.439. The number of nitrogens with one attached hydrogen (secondary N) is 2. The molecule has 6 heteroatoms. The van der Waals surface area contributed by atoms with Gasteiger partial charge in [0.05, 0.1) is 5.25 Å². The topological polar surface area (TPSA) is 58.2 Å². The fraction of sp³-hybridized carbons (Fsp3) is 0.308. The molecule has 0 radical (unpaired) electrons. The average Bonchev–Trinajstić information content (AvgIpc) is 2.61. The molecule has 0 aromatic heterocycles. The maximum Gasteiger partial charge on any atom is 0.239 e. The summed E-state index contributed by atoms with van der Waals surface area (Å²) >= 11 is 6.12. The maximum absolute atomic E-state index is 11.9. The molecular formula is C13H14N2O2S2. The summed E-state index contributed by atoms with van der Waals surface area (Å²) in [6.07, 6.45) is 0.129. The molecule has 1 aromatic rings. The van der Waals surface area contributed by atoms with Crippen LogP contribution in [0.3, 0.4) is 0 Å². The van der Waals surface area contributed by atoms with Gasteiger partial charge in [0.1, 0.15) is 4.32 Å². The predicted octanol–water partition coefficient (Wildman–Crippen LogP) is 2.15. The normalized spacial score (nSPS) is 18.3. The van der Waals surface area contributed by atoms with Crippen molar-refractivity contribution < 1.29 is 9.59 Å². The van der Waals surface area contributed by atoms with E-state index in [1.165, 1.54) is 11.8 Å². The number of hydrogen-bond acceptors (Lipinski definition) is 4. The van der Waals surface area contributed by atoms with Crippen molar-refractivity contribution in [3.05, 3.63) is 29.3 Å². The molecule has 0 unspecified atom stereocenters. The Labute approximate surface area is 121 Å². The van der Waals surface area contributed by atoms with Crippen LogP contribution in [0.2, 0.25) is 0 Å². The van der Waals surface area contributed by atoms with Crippen molar-refractivity contribution in [2.24, 2.45) is 0 Å². The van der Waals surface area contributed by atoms with Gasteiger partial charge in [-0.2, -0.15) is 0 Å². The van der Waals surface area contributed by atoms with Crippen LogP contribution in [-0.4, -0.2) is 21.4 Å². The van der Waals surface area contributed by atoms with E-state index in [1.54, 1.807) is 0 Å². The highest BCUT2D eigenvalue weighted by molar-refractivity contribution is 8.24. The third kappa shape index (κ3) is 3.54. The van der Waals surface area contributed by atoms with Crippen LogP contribution in [0, 0.1) is 13.8 Å². The lowest BCUT2D eigenvalue weighted by molar-refractivity contribution is -0.122. The van der Waals surface area contributed by atoms with E-state index in [0.29, 0.717) is 4.32 Å². The Hall–Kier alpha value is -1.40. The number of aryl methyl sites for hydroxylation is 2. The van der Waals surface area contributed by atoms with Crippen molar-refractivity contribution in [3.8, 4) is 0 Å². The van der Waals surface area contributed by atoms with Gasteiger partial charge in [-0.25, -0.2) is 0 Å². The largest absolute Gasteiger partial charge is 0.326 e. The molecule has 0 bridgehead atoms. The highest BCUT2D eigenvalue weighted by Crippen LogP contribution is 2.23. The predicted molar refractivity (Wildman–Crippen MR) is 81.3 cm³/mol. The van der Waals surface area contributed by atoms with Gasteiger partial charge in [0.25, 0.3) is 0 Å². The van der Waals surface area contributed by atoms with Gasteiger partial charge < -0.3 is 10.6 Å². The zero-order valence-electron chi connectivity index (χ0n) is 10.6. The lowest BCUT2D eigenvalue weighted by Gasteiger charge is -2.10. The van der Waals surface area contributed by atoms with Gasteiger partial charge in [-0.1, -0.05) is 41.7 Å². The molecule has 100 valence electrons. The Balaban J connectivity index is 1.98. The van der Waals surface area contributed by atoms with E-state index in [0.717, 1.165) is 16.8 Å². The fourth-order valence-electron chi connectivity index (χ4n) is 1.85. The standard InChI is InChI=1S/C13H14N2O2S2/c1-7-3-4-9(8(2)5-7)14-11(16)6-10-12(17)15-13(18)19-10/h3-5,10H,6H2,1-2H3,(H,14,16)(H,15,17,18)/t10-/m1/s1. The van der Waals surface area contributed by atoms with Crippen molar-refractivity contribution in [1.82, 2.24) is 5.32 Å². The maximum atomic E-state index is 11.9. The summed E-state index contributed by atoms with van der Waals surface area (Å²) in [4.78, 5) is 23.4. The van der Waals surface area contributed by atoms with Crippen LogP contribution in [0.4, 0.5) is 5.69 Å². The van der Waals surface area contributed by atoms with Crippen molar-refractivity contribution >= 4 is 45.8 Å². The van der Waals surface area contributed by atoms with Crippen molar-refractivity contribution in [3.63, 3.8) is 0 Å². The molecule has 2 N–H and O–H groups in total. The third-order valence-electron chi connectivity index (χ3n) is 2.79. The molecule has 1 aliphatic heterocycles. The summed E-state index contributed by atoms with van der Waals surface area (Å²) in [5.74, 6) is -0.366. The molecule has 1 atom stereocenters. The van der Waals surface area contributed by atoms with E-state index in [9.17, 15) is 9.59 Å². The molecule has 1 aliphatic rings. The lowest BCUT2D eigenvalue weighted by atomic mass is 10.1. The van der Waals surface area contributed by atoms with Gasteiger partial charge >= 0.3 is 0 Å². The minimum atomic E-state index is -0.418. The quantitative estimate of drug-likeness (QED) is 0.839. The molecule has 0 aliphatic carbocycles. The van der Waals surface area contributed by atoms with Crippen LogP contribution in [0.25, 0.3) is 0 Å². The van der Waals surface area contributed by atoms with Crippen molar-refractivity contribution in [1.29, 1.82) is 0 Å². The number of hydrogen-bond donors (Lipinski definition) is 2. The summed E-state index contributed by atoms with van der Waals surface area (Å²) in [7, 11) is 0. The molecule has 2 rings (SSSR count). The molecule has 1 heterocycles. The second-order valence-electron chi connectivity index (χ2n) is 4.45. The summed E-state index contributed by atoms with van der Waals surface area (Å²) in [6.45, 7) is 3.94. The Bertz CT molecular complexity index is 558. The van der Waals surface area contributed by atoms with Gasteiger partial charge in [0.15, 0.2) is 0 Å². The molecule has 19 heavy (non-hydrogen) atoms. The number of amides is 2. The lowest BCUT2D eigenvalue weighted by Crippen LogP contribution is -2.27. The van der Waals surface area contributed by atoms with Crippen molar-refractivity contribution in [2.45, 2.75) is 25.5 Å². The number of anilines is 1. The molecule has 2 amide bonds. The van der Waals surface area contributed by atoms with Crippen LogP contribution in [-0.2, 0) is 9.59 Å². The Morgan fingerprint density at radius 3 is 2.79 bits per heavy atom. The van der Waals surface area contributed by atoms with Crippen LogP contribution in [0.15, 0.2) is 18.2 Å². The van der Waals surface area contributed by atoms with E-state index < -0.39 is 5.25 Å². The second kappa shape index (κ2) is 5.71. The highest BCUT2D eigenvalue weighted by Gasteiger charge is 2.30. The van der Waals surface area contributed by atoms with E-state index in [-0.39, 0.29) is 18.2 Å². The van der Waals surface area contributed by atoms with Gasteiger partial charge in [0.2, 0.25) is 11.8 Å². The number of carbonyl (C=O) groups excluding carboxylic acids is 2. The number of thiocarbonyl (C=S) groups is 1. The van der Waals surface area contributed by atoms with E-state index in [4.69, 9.17) is 12.2 Å². The summed E-state index contributed by atoms with van der Waals surface area (Å²) in [6, 6.07) is 5.81. The summed E-state index contributed by atoms with van der Waals surface area (Å²) in [5, 5.41) is 4.94. The first-order valence-corrected chi connectivity index (χ1v) is 7.13. The number of thioether (sulfide) groups is 1. The molecule has 1 fully saturated rings. The monoisotopic (exact) mass is 294 g/mol. The Morgan fingerprint density at radius 1 is 1.47 bits per heavy atom. The van der Waals surface area contributed by atoms with Gasteiger partial charge in [-0.15, -0.1) is 0 Å². The third-order valence-corrected chi connectivity index (χ3v) is 4.17. The van der Waals surface area contributed by atoms with E-state index in [2.05, 4.69) is 10.6 Å². The number of rotatable bonds is 3. The average molecular weight is 294 g/mol. The zero-order valence-corrected chi connectivity index (χ0v) is 12.3. The van der Waals surface area contributed by atoms with Crippen LogP contribution >= 0.6 is 24.0 Å². The van der Waals surface area contributed by atoms with E-state index in [1.807, 2.05) is 32.0 Å². The first-order valence-electron chi connectivity index (χ1n) is 5.84. The molecular weight excluding hydrogens is 280 g/mol. The molecule has 1 saturated heterocycles. The van der Waals surface area contributed by atoms with Crippen LogP contribution in [0.5, 0.6) is 0 Å². The fourth-order valence-corrected chi connectivity index (χ4v) is 3.12. The molecule has 0 saturated carbocycles. The minimum absolute atomic E-state index is 0.129. The zero-order chi connectivity index (χ0) is 14.0. The molecule has 0 spiro atoms. The Morgan fingerprint density at radius 2 is 2.21 bits per heavy atom. The van der Waals surface area contributed by atoms with Crippen LogP contribution in [0.1, 0.15) is 17.5 Å². The highest BCUT2D eigenvalue weighted by atomic mass is 32.2. The number of carbonyl (C=O) groups is 2. The Kier molecular flexibility index (Phi) is 4.21. The van der Waals surface area contributed by atoms with E-state index >= 15 is 0 Å². The SMILES string of the molecule is Cc1ccc(NC(=O)C[C@H]2SC(=S)NC2=O)c(C)c1. The number of benzene rings is 1. The first-order chi connectivity index (χ1) is 8.95. The smallest absolute Gasteiger partial charge is 0.239 e. The van der Waals surface area contributed by atoms with Gasteiger partial charge in [-0.05, 0) is 25.5 Å². The molecule has 4 nitrogen and oxygen atoms in total. The molecule has 1 aromatic carbocycles. The van der Waals surface area contributed by atoms with Crippen LogP contribution < -0.4 is 10.6 Å². The first kappa shape index (κ1) is 14.0.